The highest BCUT2D eigenvalue weighted by molar-refractivity contribution is 6.11. The van der Waals surface area contributed by atoms with Crippen LogP contribution in [-0.4, -0.2) is 95.0 Å². The SMILES string of the molecule is CN1CCN(c2ccc(C(=O)Nc3n[nH]c4cc(-c5cnn(C(C)(C)CO)c5)c(Cc5cc(F)cc(F)c5)cc34)c(NC3CCOCC3)c2)CC1. The van der Waals surface area contributed by atoms with Gasteiger partial charge in [0.15, 0.2) is 5.82 Å². The molecule has 2 fully saturated rings. The van der Waals surface area contributed by atoms with Gasteiger partial charge in [-0.1, -0.05) is 0 Å². The Hall–Kier alpha value is -4.85. The van der Waals surface area contributed by atoms with Crippen molar-refractivity contribution in [3.8, 4) is 11.1 Å². The molecule has 51 heavy (non-hydrogen) atoms. The van der Waals surface area contributed by atoms with Crippen LogP contribution in [0.2, 0.25) is 0 Å². The Labute approximate surface area is 295 Å². The molecule has 268 valence electrons. The molecular formula is C38H44F2N8O3. The van der Waals surface area contributed by atoms with Crippen LogP contribution < -0.4 is 15.5 Å². The predicted molar refractivity (Wildman–Crippen MR) is 194 cm³/mol. The summed E-state index contributed by atoms with van der Waals surface area (Å²) in [6, 6.07) is 13.4. The first-order chi connectivity index (χ1) is 24.6. The van der Waals surface area contributed by atoms with Crippen LogP contribution in [0.1, 0.15) is 48.2 Å². The highest BCUT2D eigenvalue weighted by atomic mass is 19.1. The van der Waals surface area contributed by atoms with E-state index in [0.29, 0.717) is 41.1 Å². The van der Waals surface area contributed by atoms with Gasteiger partial charge in [-0.25, -0.2) is 8.78 Å². The Morgan fingerprint density at radius 2 is 1.78 bits per heavy atom. The summed E-state index contributed by atoms with van der Waals surface area (Å²) >= 11 is 0. The fraction of sp³-hybridized carbons (Fsp3) is 0.395. The number of nitrogens with zero attached hydrogens (tertiary/aromatic N) is 5. The topological polar surface area (TPSA) is 124 Å². The number of carbonyl (C=O) groups excluding carboxylic acids is 1. The largest absolute Gasteiger partial charge is 0.394 e. The number of likely N-dealkylation sites (N-methyl/N-ethyl adjacent to an activating group) is 1. The number of amides is 1. The summed E-state index contributed by atoms with van der Waals surface area (Å²) in [5.41, 5.74) is 5.09. The summed E-state index contributed by atoms with van der Waals surface area (Å²) < 4.78 is 35.8. The molecule has 2 aliphatic rings. The molecule has 2 saturated heterocycles. The molecule has 7 rings (SSSR count). The van der Waals surface area contributed by atoms with Crippen molar-refractivity contribution in [2.75, 3.05) is 68.6 Å². The number of nitrogens with one attached hydrogen (secondary N) is 3. The summed E-state index contributed by atoms with van der Waals surface area (Å²) in [5.74, 6) is -1.30. The van der Waals surface area contributed by atoms with Gasteiger partial charge in [-0.15, -0.1) is 0 Å². The van der Waals surface area contributed by atoms with Crippen LogP contribution in [0.5, 0.6) is 0 Å². The highest BCUT2D eigenvalue weighted by Gasteiger charge is 2.24. The van der Waals surface area contributed by atoms with Gasteiger partial charge in [0.2, 0.25) is 0 Å². The van der Waals surface area contributed by atoms with E-state index in [4.69, 9.17) is 4.74 Å². The third-order valence-electron chi connectivity index (χ3n) is 9.93. The smallest absolute Gasteiger partial charge is 0.258 e. The molecule has 2 aliphatic heterocycles. The zero-order chi connectivity index (χ0) is 35.7. The number of anilines is 3. The molecular weight excluding hydrogens is 654 g/mol. The number of H-pyrrole nitrogens is 1. The molecule has 0 atom stereocenters. The molecule has 11 nitrogen and oxygen atoms in total. The van der Waals surface area contributed by atoms with E-state index in [0.717, 1.165) is 73.2 Å². The number of fused-ring (bicyclic) bond motifs is 1. The molecule has 4 N–H and O–H groups in total. The van der Waals surface area contributed by atoms with Gasteiger partial charge in [-0.3, -0.25) is 14.6 Å². The first-order valence-electron chi connectivity index (χ1n) is 17.4. The zero-order valence-corrected chi connectivity index (χ0v) is 29.2. The molecule has 5 aromatic rings. The minimum atomic E-state index is -0.662. The maximum Gasteiger partial charge on any atom is 0.258 e. The number of rotatable bonds is 10. The summed E-state index contributed by atoms with van der Waals surface area (Å²) in [6.45, 7) is 8.73. The van der Waals surface area contributed by atoms with Crippen LogP contribution in [0.15, 0.2) is 60.9 Å². The first kappa shape index (κ1) is 34.6. The molecule has 0 spiro atoms. The minimum Gasteiger partial charge on any atom is -0.394 e. The molecule has 2 aromatic heterocycles. The number of aromatic nitrogens is 4. The zero-order valence-electron chi connectivity index (χ0n) is 29.2. The number of halogens is 2. The standard InChI is InChI=1S/C38H44F2N8O3/c1-38(2,23-49)48-22-26(21-41-48)32-20-35-33(17-25(32)14-24-15-27(39)18-28(40)16-24)36(45-44-35)43-37(50)31-5-4-30(47-10-8-46(3)9-11-47)19-34(31)42-29-6-12-51-13-7-29/h4-5,15-22,29,42,49H,6-14,23H2,1-3H3,(H2,43,44,45,50). The second kappa shape index (κ2) is 14.4. The van der Waals surface area contributed by atoms with Crippen LogP contribution in [0, 0.1) is 11.6 Å². The van der Waals surface area contributed by atoms with E-state index in [1.807, 2.05) is 44.3 Å². The summed E-state index contributed by atoms with van der Waals surface area (Å²) in [7, 11) is 2.13. The van der Waals surface area contributed by atoms with E-state index in [-0.39, 0.29) is 25.0 Å². The number of piperazine rings is 1. The molecule has 0 unspecified atom stereocenters. The van der Waals surface area contributed by atoms with E-state index in [1.165, 1.54) is 12.1 Å². The van der Waals surface area contributed by atoms with Crippen LogP contribution in [-0.2, 0) is 16.7 Å². The second-order valence-corrected chi connectivity index (χ2v) is 14.2. The lowest BCUT2D eigenvalue weighted by molar-refractivity contribution is 0.0904. The van der Waals surface area contributed by atoms with Crippen molar-refractivity contribution in [3.05, 3.63) is 89.2 Å². The minimum absolute atomic E-state index is 0.114. The lowest BCUT2D eigenvalue weighted by Gasteiger charge is -2.34. The molecule has 4 heterocycles. The third kappa shape index (κ3) is 7.60. The van der Waals surface area contributed by atoms with Gasteiger partial charge in [-0.2, -0.15) is 10.2 Å². The fourth-order valence-corrected chi connectivity index (χ4v) is 6.77. The van der Waals surface area contributed by atoms with Crippen LogP contribution in [0.4, 0.5) is 26.0 Å². The van der Waals surface area contributed by atoms with Crippen LogP contribution >= 0.6 is 0 Å². The number of ether oxygens (including phenoxy) is 1. The van der Waals surface area contributed by atoms with E-state index in [9.17, 15) is 18.7 Å². The normalized spacial score (nSPS) is 16.2. The van der Waals surface area contributed by atoms with Crippen molar-refractivity contribution in [2.45, 2.75) is 44.7 Å². The number of aliphatic hydroxyl groups is 1. The quantitative estimate of drug-likeness (QED) is 0.148. The monoisotopic (exact) mass is 698 g/mol. The van der Waals surface area contributed by atoms with Crippen molar-refractivity contribution in [2.24, 2.45) is 0 Å². The summed E-state index contributed by atoms with van der Waals surface area (Å²) in [5, 5.41) is 29.3. The van der Waals surface area contributed by atoms with E-state index in [2.05, 4.69) is 48.8 Å². The van der Waals surface area contributed by atoms with Gasteiger partial charge in [0.05, 0.1) is 29.4 Å². The summed E-state index contributed by atoms with van der Waals surface area (Å²) in [6.07, 6.45) is 5.44. The molecule has 0 saturated carbocycles. The second-order valence-electron chi connectivity index (χ2n) is 14.2. The number of aromatic amines is 1. The van der Waals surface area contributed by atoms with Crippen molar-refractivity contribution in [1.82, 2.24) is 24.9 Å². The number of hydrogen-bond acceptors (Lipinski definition) is 8. The van der Waals surface area contributed by atoms with Crippen molar-refractivity contribution in [3.63, 3.8) is 0 Å². The molecule has 0 radical (unpaired) electrons. The van der Waals surface area contributed by atoms with Crippen molar-refractivity contribution >= 4 is 34.0 Å². The lowest BCUT2D eigenvalue weighted by atomic mass is 9.94. The van der Waals surface area contributed by atoms with Gasteiger partial charge in [-0.05, 0) is 99.3 Å². The Bertz CT molecular complexity index is 2010. The first-order valence-corrected chi connectivity index (χ1v) is 17.4. The van der Waals surface area contributed by atoms with Gasteiger partial charge in [0, 0.05) is 80.0 Å². The van der Waals surface area contributed by atoms with E-state index >= 15 is 0 Å². The van der Waals surface area contributed by atoms with Gasteiger partial charge >= 0.3 is 0 Å². The molecule has 0 bridgehead atoms. The third-order valence-corrected chi connectivity index (χ3v) is 9.93. The van der Waals surface area contributed by atoms with Gasteiger partial charge < -0.3 is 30.3 Å². The van der Waals surface area contributed by atoms with Gasteiger partial charge in [0.25, 0.3) is 5.91 Å². The Morgan fingerprint density at radius 3 is 2.51 bits per heavy atom. The Kier molecular flexibility index (Phi) is 9.77. The van der Waals surface area contributed by atoms with Crippen molar-refractivity contribution in [1.29, 1.82) is 0 Å². The lowest BCUT2D eigenvalue weighted by Crippen LogP contribution is -2.44. The number of carbonyl (C=O) groups is 1. The molecule has 13 heteroatoms. The van der Waals surface area contributed by atoms with Crippen LogP contribution in [0.3, 0.4) is 0 Å². The van der Waals surface area contributed by atoms with Crippen molar-refractivity contribution < 1.29 is 23.4 Å². The maximum atomic E-state index is 14.3. The average Bonchev–Trinajstić information content (AvgIpc) is 3.76. The highest BCUT2D eigenvalue weighted by Crippen LogP contribution is 2.34. The Balaban J connectivity index is 1.23. The average molecular weight is 699 g/mol. The van der Waals surface area contributed by atoms with Gasteiger partial charge in [0.1, 0.15) is 11.6 Å². The molecule has 0 aliphatic carbocycles. The molecule has 3 aromatic carbocycles. The molecule has 1 amide bonds. The van der Waals surface area contributed by atoms with E-state index < -0.39 is 17.2 Å². The van der Waals surface area contributed by atoms with Crippen LogP contribution in [0.25, 0.3) is 22.0 Å². The Morgan fingerprint density at radius 1 is 1.04 bits per heavy atom. The number of hydrogen-bond donors (Lipinski definition) is 4. The summed E-state index contributed by atoms with van der Waals surface area (Å²) in [4.78, 5) is 18.7. The maximum absolute atomic E-state index is 14.3. The predicted octanol–water partition coefficient (Wildman–Crippen LogP) is 5.62. The number of benzene rings is 3. The fourth-order valence-electron chi connectivity index (χ4n) is 6.77. The number of aliphatic hydroxyl groups excluding tert-OH is 1. The van der Waals surface area contributed by atoms with E-state index in [1.54, 1.807) is 10.9 Å².